The molecule has 1 aliphatic carbocycles. The standard InChI is InChI=1S/C12H24N2/c1-11(10-14-9-5-8-13-14)12-6-3-2-4-7-12/h11-13H,2-10H2,1H3. The predicted octanol–water partition coefficient (Wildman–Crippen LogP) is 2.41. The topological polar surface area (TPSA) is 15.3 Å². The maximum absolute atomic E-state index is 3.46. The van der Waals surface area contributed by atoms with Crippen molar-refractivity contribution in [1.82, 2.24) is 10.4 Å². The van der Waals surface area contributed by atoms with Gasteiger partial charge in [-0.15, -0.1) is 0 Å². The van der Waals surface area contributed by atoms with Gasteiger partial charge in [-0.3, -0.25) is 5.43 Å². The first-order valence-corrected chi connectivity index (χ1v) is 6.35. The Kier molecular flexibility index (Phi) is 3.82. The number of rotatable bonds is 3. The van der Waals surface area contributed by atoms with Crippen LogP contribution in [0.15, 0.2) is 0 Å². The summed E-state index contributed by atoms with van der Waals surface area (Å²) in [5, 5.41) is 2.43. The maximum atomic E-state index is 3.46. The first-order valence-electron chi connectivity index (χ1n) is 6.35. The molecule has 0 amide bonds. The summed E-state index contributed by atoms with van der Waals surface area (Å²) in [6.45, 7) is 6.16. The van der Waals surface area contributed by atoms with Gasteiger partial charge in [0.2, 0.25) is 0 Å². The molecule has 1 saturated heterocycles. The Morgan fingerprint density at radius 2 is 2.00 bits per heavy atom. The van der Waals surface area contributed by atoms with Gasteiger partial charge >= 0.3 is 0 Å². The monoisotopic (exact) mass is 196 g/mol. The van der Waals surface area contributed by atoms with Crippen molar-refractivity contribution in [3.8, 4) is 0 Å². The number of hydrogen-bond donors (Lipinski definition) is 1. The van der Waals surface area contributed by atoms with Crippen LogP contribution in [-0.2, 0) is 0 Å². The summed E-state index contributed by atoms with van der Waals surface area (Å²) in [6.07, 6.45) is 8.72. The van der Waals surface area contributed by atoms with E-state index in [0.717, 1.165) is 11.8 Å². The number of hydrazine groups is 1. The second-order valence-electron chi connectivity index (χ2n) is 5.08. The molecule has 0 radical (unpaired) electrons. The highest BCUT2D eigenvalue weighted by Gasteiger charge is 2.22. The van der Waals surface area contributed by atoms with Crippen molar-refractivity contribution < 1.29 is 0 Å². The van der Waals surface area contributed by atoms with Gasteiger partial charge in [-0.05, 0) is 18.3 Å². The van der Waals surface area contributed by atoms with Crippen LogP contribution in [0.1, 0.15) is 45.4 Å². The number of hydrogen-bond acceptors (Lipinski definition) is 2. The van der Waals surface area contributed by atoms with Crippen molar-refractivity contribution in [3.63, 3.8) is 0 Å². The zero-order chi connectivity index (χ0) is 9.80. The summed E-state index contributed by atoms with van der Waals surface area (Å²) in [5.41, 5.74) is 3.46. The molecule has 0 aromatic carbocycles. The molecule has 1 unspecified atom stereocenters. The lowest BCUT2D eigenvalue weighted by Gasteiger charge is -2.30. The van der Waals surface area contributed by atoms with Gasteiger partial charge in [0.15, 0.2) is 0 Å². The van der Waals surface area contributed by atoms with Crippen LogP contribution in [0.4, 0.5) is 0 Å². The summed E-state index contributed by atoms with van der Waals surface area (Å²) in [6, 6.07) is 0. The second kappa shape index (κ2) is 5.13. The zero-order valence-corrected chi connectivity index (χ0v) is 9.47. The Morgan fingerprint density at radius 1 is 1.21 bits per heavy atom. The highest BCUT2D eigenvalue weighted by Crippen LogP contribution is 2.30. The summed E-state index contributed by atoms with van der Waals surface area (Å²) in [7, 11) is 0. The fraction of sp³-hybridized carbons (Fsp3) is 1.00. The summed E-state index contributed by atoms with van der Waals surface area (Å²) >= 11 is 0. The largest absolute Gasteiger partial charge is 0.255 e. The van der Waals surface area contributed by atoms with Crippen LogP contribution < -0.4 is 5.43 Å². The Bertz CT molecular complexity index is 158. The van der Waals surface area contributed by atoms with Crippen LogP contribution in [0.5, 0.6) is 0 Å². The molecule has 82 valence electrons. The van der Waals surface area contributed by atoms with Gasteiger partial charge < -0.3 is 0 Å². The molecule has 2 nitrogen and oxygen atoms in total. The van der Waals surface area contributed by atoms with Gasteiger partial charge in [0, 0.05) is 19.6 Å². The highest BCUT2D eigenvalue weighted by molar-refractivity contribution is 4.74. The Hall–Kier alpha value is -0.0800. The van der Waals surface area contributed by atoms with Crippen LogP contribution in [0.3, 0.4) is 0 Å². The normalized spacial score (nSPS) is 28.1. The van der Waals surface area contributed by atoms with Gasteiger partial charge in [0.25, 0.3) is 0 Å². The summed E-state index contributed by atoms with van der Waals surface area (Å²) in [4.78, 5) is 0. The molecule has 0 spiro atoms. The van der Waals surface area contributed by atoms with E-state index < -0.39 is 0 Å². The lowest BCUT2D eigenvalue weighted by atomic mass is 9.81. The minimum atomic E-state index is 0.890. The average Bonchev–Trinajstić information content (AvgIpc) is 2.72. The van der Waals surface area contributed by atoms with E-state index in [9.17, 15) is 0 Å². The maximum Gasteiger partial charge on any atom is 0.0159 e. The second-order valence-corrected chi connectivity index (χ2v) is 5.08. The molecule has 2 aliphatic rings. The summed E-state index contributed by atoms with van der Waals surface area (Å²) < 4.78 is 0. The van der Waals surface area contributed by atoms with Gasteiger partial charge in [-0.1, -0.05) is 39.0 Å². The van der Waals surface area contributed by atoms with Crippen LogP contribution in [-0.4, -0.2) is 24.6 Å². The molecule has 14 heavy (non-hydrogen) atoms. The minimum Gasteiger partial charge on any atom is -0.255 e. The molecule has 0 bridgehead atoms. The van der Waals surface area contributed by atoms with E-state index in [4.69, 9.17) is 0 Å². The van der Waals surface area contributed by atoms with Crippen LogP contribution >= 0.6 is 0 Å². The molecule has 0 aromatic rings. The Balaban J connectivity index is 1.72. The Morgan fingerprint density at radius 3 is 2.64 bits per heavy atom. The summed E-state index contributed by atoms with van der Waals surface area (Å²) in [5.74, 6) is 1.90. The van der Waals surface area contributed by atoms with E-state index in [1.54, 1.807) is 0 Å². The molecule has 0 aromatic heterocycles. The fourth-order valence-electron chi connectivity index (χ4n) is 2.94. The van der Waals surface area contributed by atoms with Crippen molar-refractivity contribution in [3.05, 3.63) is 0 Å². The lowest BCUT2D eigenvalue weighted by molar-refractivity contribution is 0.161. The van der Waals surface area contributed by atoms with Crippen molar-refractivity contribution in [2.45, 2.75) is 45.4 Å². The SMILES string of the molecule is CC(CN1CCCN1)C1CCCCC1. The highest BCUT2D eigenvalue weighted by atomic mass is 15.5. The van der Waals surface area contributed by atoms with Gasteiger partial charge in [-0.2, -0.15) is 0 Å². The van der Waals surface area contributed by atoms with E-state index in [-0.39, 0.29) is 0 Å². The average molecular weight is 196 g/mol. The van der Waals surface area contributed by atoms with E-state index >= 15 is 0 Å². The molecule has 1 N–H and O–H groups in total. The molecule has 1 atom stereocenters. The van der Waals surface area contributed by atoms with E-state index in [1.165, 1.54) is 58.2 Å². The molecule has 2 heteroatoms. The number of nitrogens with zero attached hydrogens (tertiary/aromatic N) is 1. The van der Waals surface area contributed by atoms with Crippen molar-refractivity contribution in [2.24, 2.45) is 11.8 Å². The van der Waals surface area contributed by atoms with E-state index in [2.05, 4.69) is 17.4 Å². The molecular weight excluding hydrogens is 172 g/mol. The first-order chi connectivity index (χ1) is 6.86. The van der Waals surface area contributed by atoms with Gasteiger partial charge in [0.05, 0.1) is 0 Å². The third-order valence-corrected chi connectivity index (χ3v) is 3.90. The molecule has 1 aliphatic heterocycles. The van der Waals surface area contributed by atoms with Crippen LogP contribution in [0, 0.1) is 11.8 Å². The molecule has 1 heterocycles. The lowest BCUT2D eigenvalue weighted by Crippen LogP contribution is -2.37. The molecule has 2 rings (SSSR count). The van der Waals surface area contributed by atoms with E-state index in [1.807, 2.05) is 0 Å². The van der Waals surface area contributed by atoms with Crippen molar-refractivity contribution >= 4 is 0 Å². The molecule has 1 saturated carbocycles. The third kappa shape index (κ3) is 2.71. The molecular formula is C12H24N2. The van der Waals surface area contributed by atoms with Crippen LogP contribution in [0.25, 0.3) is 0 Å². The van der Waals surface area contributed by atoms with Crippen LogP contribution in [0.2, 0.25) is 0 Å². The number of nitrogens with one attached hydrogen (secondary N) is 1. The third-order valence-electron chi connectivity index (χ3n) is 3.90. The van der Waals surface area contributed by atoms with Crippen molar-refractivity contribution in [1.29, 1.82) is 0 Å². The van der Waals surface area contributed by atoms with E-state index in [0.29, 0.717) is 0 Å². The van der Waals surface area contributed by atoms with Gasteiger partial charge in [0.1, 0.15) is 0 Å². The quantitative estimate of drug-likeness (QED) is 0.745. The smallest absolute Gasteiger partial charge is 0.0159 e. The van der Waals surface area contributed by atoms with Crippen molar-refractivity contribution in [2.75, 3.05) is 19.6 Å². The fourth-order valence-corrected chi connectivity index (χ4v) is 2.94. The Labute approximate surface area is 88.0 Å². The van der Waals surface area contributed by atoms with Gasteiger partial charge in [-0.25, -0.2) is 5.01 Å². The first kappa shape index (κ1) is 10.4. The predicted molar refractivity (Wildman–Crippen MR) is 59.9 cm³/mol. The molecule has 2 fully saturated rings. The minimum absolute atomic E-state index is 0.890. The zero-order valence-electron chi connectivity index (χ0n) is 9.47.